The number of aryl methyl sites for hydroxylation is 1. The Bertz CT molecular complexity index is 1480. The van der Waals surface area contributed by atoms with Gasteiger partial charge in [0.2, 0.25) is 5.43 Å². The van der Waals surface area contributed by atoms with Crippen LogP contribution < -0.4 is 5.43 Å². The highest BCUT2D eigenvalue weighted by atomic mass is 35.5. The van der Waals surface area contributed by atoms with Crippen LogP contribution in [0.4, 0.5) is 0 Å². The summed E-state index contributed by atoms with van der Waals surface area (Å²) in [5, 5.41) is 0.368. The van der Waals surface area contributed by atoms with Gasteiger partial charge in [-0.25, -0.2) is 15.0 Å². The average Bonchev–Trinajstić information content (AvgIpc) is 2.83. The molecule has 0 unspecified atom stereocenters. The van der Waals surface area contributed by atoms with E-state index in [-0.39, 0.29) is 5.43 Å². The van der Waals surface area contributed by atoms with Crippen molar-refractivity contribution in [3.05, 3.63) is 106 Å². The highest BCUT2D eigenvalue weighted by molar-refractivity contribution is 7.98. The van der Waals surface area contributed by atoms with Crippen LogP contribution in [0.5, 0.6) is 0 Å². The molecule has 0 aliphatic carbocycles. The molecule has 0 spiro atoms. The molecule has 162 valence electrons. The fraction of sp³-hybridized carbons (Fsp3) is 0.0769. The quantitative estimate of drug-likeness (QED) is 0.241. The smallest absolute Gasteiger partial charge is 0.213 e. The molecule has 0 fully saturated rings. The molecule has 33 heavy (non-hydrogen) atoms. The van der Waals surface area contributed by atoms with E-state index in [1.165, 1.54) is 0 Å². The van der Waals surface area contributed by atoms with Crippen LogP contribution in [0.3, 0.4) is 0 Å². The van der Waals surface area contributed by atoms with Crippen LogP contribution in [0.1, 0.15) is 11.3 Å². The maximum Gasteiger partial charge on any atom is 0.213 e. The first-order valence-corrected chi connectivity index (χ1v) is 11.7. The molecule has 7 heteroatoms. The summed E-state index contributed by atoms with van der Waals surface area (Å²) in [5.41, 5.74) is 4.98. The summed E-state index contributed by atoms with van der Waals surface area (Å²) in [7, 11) is 0. The molecule has 0 amide bonds. The fourth-order valence-electron chi connectivity index (χ4n) is 3.62. The van der Waals surface area contributed by atoms with Gasteiger partial charge in [0.05, 0.1) is 11.4 Å². The Kier molecular flexibility index (Phi) is 5.94. The van der Waals surface area contributed by atoms with Gasteiger partial charge in [-0.1, -0.05) is 60.1 Å². The number of fused-ring (bicyclic) bond motifs is 1. The lowest BCUT2D eigenvalue weighted by atomic mass is 10.0. The lowest BCUT2D eigenvalue weighted by molar-refractivity contribution is 1.17. The van der Waals surface area contributed by atoms with Crippen molar-refractivity contribution in [1.82, 2.24) is 19.9 Å². The zero-order valence-electron chi connectivity index (χ0n) is 17.7. The average molecular weight is 471 g/mol. The number of pyridine rings is 2. The summed E-state index contributed by atoms with van der Waals surface area (Å²) in [4.78, 5) is 31.5. The fourth-order valence-corrected chi connectivity index (χ4v) is 4.75. The number of thioether (sulfide) groups is 1. The maximum atomic E-state index is 13.3. The van der Waals surface area contributed by atoms with Gasteiger partial charge >= 0.3 is 0 Å². The number of aromatic amines is 1. The van der Waals surface area contributed by atoms with Crippen molar-refractivity contribution in [3.8, 4) is 22.5 Å². The van der Waals surface area contributed by atoms with Gasteiger partial charge in [-0.3, -0.25) is 4.79 Å². The Morgan fingerprint density at radius 2 is 1.58 bits per heavy atom. The molecule has 5 nitrogen and oxygen atoms in total. The van der Waals surface area contributed by atoms with E-state index in [0.29, 0.717) is 39.0 Å². The second-order valence-electron chi connectivity index (χ2n) is 7.55. The molecule has 1 N–H and O–H groups in total. The number of nitrogens with zero attached hydrogens (tertiary/aromatic N) is 3. The largest absolute Gasteiger partial charge is 0.344 e. The van der Waals surface area contributed by atoms with Crippen molar-refractivity contribution in [1.29, 1.82) is 0 Å². The zero-order valence-corrected chi connectivity index (χ0v) is 19.3. The summed E-state index contributed by atoms with van der Waals surface area (Å²) in [6, 6.07) is 23.4. The van der Waals surface area contributed by atoms with Crippen LogP contribution in [0.25, 0.3) is 33.7 Å². The van der Waals surface area contributed by atoms with E-state index in [1.807, 2.05) is 73.7 Å². The third kappa shape index (κ3) is 4.53. The van der Waals surface area contributed by atoms with Crippen LogP contribution in [0, 0.1) is 6.92 Å². The van der Waals surface area contributed by atoms with Crippen molar-refractivity contribution >= 4 is 34.5 Å². The Morgan fingerprint density at radius 3 is 2.30 bits per heavy atom. The Morgan fingerprint density at radius 1 is 0.879 bits per heavy atom. The monoisotopic (exact) mass is 470 g/mol. The SMILES string of the molecule is Cc1cc(-c2nc3c(=O)c(CSc4ccccc4)c[nH]c3nc2-c2ccccc2)cc(Cl)n1. The second kappa shape index (κ2) is 9.17. The van der Waals surface area contributed by atoms with Crippen molar-refractivity contribution in [2.45, 2.75) is 17.6 Å². The molecular formula is C26H19ClN4OS. The van der Waals surface area contributed by atoms with E-state index in [4.69, 9.17) is 21.6 Å². The molecule has 5 aromatic rings. The van der Waals surface area contributed by atoms with Gasteiger partial charge in [0.1, 0.15) is 5.15 Å². The third-order valence-corrected chi connectivity index (χ3v) is 6.42. The lowest BCUT2D eigenvalue weighted by Gasteiger charge is -2.12. The normalized spacial score (nSPS) is 11.1. The number of hydrogen-bond acceptors (Lipinski definition) is 5. The van der Waals surface area contributed by atoms with Crippen molar-refractivity contribution in [3.63, 3.8) is 0 Å². The van der Waals surface area contributed by atoms with Crippen LogP contribution in [-0.4, -0.2) is 19.9 Å². The van der Waals surface area contributed by atoms with Crippen molar-refractivity contribution in [2.24, 2.45) is 0 Å². The van der Waals surface area contributed by atoms with E-state index in [1.54, 1.807) is 24.0 Å². The number of benzene rings is 2. The van der Waals surface area contributed by atoms with Gasteiger partial charge in [-0.2, -0.15) is 0 Å². The predicted molar refractivity (Wildman–Crippen MR) is 135 cm³/mol. The molecule has 0 bridgehead atoms. The number of halogens is 1. The van der Waals surface area contributed by atoms with Gasteiger partial charge in [-0.15, -0.1) is 11.8 Å². The van der Waals surface area contributed by atoms with E-state index < -0.39 is 0 Å². The highest BCUT2D eigenvalue weighted by Crippen LogP contribution is 2.31. The van der Waals surface area contributed by atoms with Crippen molar-refractivity contribution in [2.75, 3.05) is 0 Å². The predicted octanol–water partition coefficient (Wildman–Crippen LogP) is 6.30. The number of H-pyrrole nitrogens is 1. The minimum atomic E-state index is -0.127. The minimum Gasteiger partial charge on any atom is -0.344 e. The van der Waals surface area contributed by atoms with E-state index in [9.17, 15) is 4.79 Å². The zero-order chi connectivity index (χ0) is 22.8. The first-order valence-electron chi connectivity index (χ1n) is 10.4. The van der Waals surface area contributed by atoms with Crippen LogP contribution in [0.2, 0.25) is 5.15 Å². The summed E-state index contributed by atoms with van der Waals surface area (Å²) in [5.74, 6) is 0.535. The molecule has 5 rings (SSSR count). The van der Waals surface area contributed by atoms with Gasteiger partial charge in [0.25, 0.3) is 0 Å². The van der Waals surface area contributed by atoms with E-state index >= 15 is 0 Å². The maximum absolute atomic E-state index is 13.3. The first-order chi connectivity index (χ1) is 16.1. The number of hydrogen-bond donors (Lipinski definition) is 1. The number of nitrogens with one attached hydrogen (secondary N) is 1. The van der Waals surface area contributed by atoms with Gasteiger partial charge in [0, 0.05) is 39.2 Å². The highest BCUT2D eigenvalue weighted by Gasteiger charge is 2.17. The second-order valence-corrected chi connectivity index (χ2v) is 8.98. The molecule has 3 aromatic heterocycles. The molecule has 0 radical (unpaired) electrons. The summed E-state index contributed by atoms with van der Waals surface area (Å²) >= 11 is 7.85. The molecule has 0 aliphatic heterocycles. The molecule has 2 aromatic carbocycles. The van der Waals surface area contributed by atoms with Crippen LogP contribution >= 0.6 is 23.4 Å². The molecular weight excluding hydrogens is 452 g/mol. The van der Waals surface area contributed by atoms with Gasteiger partial charge < -0.3 is 4.98 Å². The summed E-state index contributed by atoms with van der Waals surface area (Å²) in [6.45, 7) is 1.87. The topological polar surface area (TPSA) is 71.5 Å². The molecule has 3 heterocycles. The van der Waals surface area contributed by atoms with E-state index in [0.717, 1.165) is 21.7 Å². The van der Waals surface area contributed by atoms with E-state index in [2.05, 4.69) is 9.97 Å². The van der Waals surface area contributed by atoms with Gasteiger partial charge in [0.15, 0.2) is 11.2 Å². The molecule has 0 aliphatic rings. The number of rotatable bonds is 5. The molecule has 0 atom stereocenters. The lowest BCUT2D eigenvalue weighted by Crippen LogP contribution is -2.13. The van der Waals surface area contributed by atoms with Crippen molar-refractivity contribution < 1.29 is 0 Å². The van der Waals surface area contributed by atoms with Crippen LogP contribution in [-0.2, 0) is 5.75 Å². The number of aromatic nitrogens is 4. The minimum absolute atomic E-state index is 0.127. The Hall–Kier alpha value is -3.48. The van der Waals surface area contributed by atoms with Gasteiger partial charge in [-0.05, 0) is 31.2 Å². The standard InChI is InChI=1S/C26H19ClN4OS/c1-16-12-18(13-21(27)29-16)23-22(17-8-4-2-5-9-17)31-26-24(30-23)25(32)19(14-28-26)15-33-20-10-6-3-7-11-20/h2-14H,15H2,1H3,(H,28,31,32). The third-order valence-electron chi connectivity index (χ3n) is 5.17. The Balaban J connectivity index is 1.66. The summed E-state index contributed by atoms with van der Waals surface area (Å²) in [6.07, 6.45) is 1.73. The molecule has 0 saturated heterocycles. The Labute approximate surface area is 199 Å². The first kappa shape index (κ1) is 21.4. The summed E-state index contributed by atoms with van der Waals surface area (Å²) < 4.78 is 0. The molecule has 0 saturated carbocycles. The van der Waals surface area contributed by atoms with Crippen LogP contribution in [0.15, 0.2) is 88.7 Å².